The van der Waals surface area contributed by atoms with Crippen molar-refractivity contribution in [3.8, 4) is 11.1 Å². The summed E-state index contributed by atoms with van der Waals surface area (Å²) in [6.45, 7) is -11.4. The molecule has 72 heteroatoms. The number of rotatable bonds is 47. The van der Waals surface area contributed by atoms with Gasteiger partial charge in [-0.25, -0.2) is 50.2 Å². The molecule has 0 aliphatic carbocycles. The lowest BCUT2D eigenvalue weighted by Crippen LogP contribution is -2.74. The summed E-state index contributed by atoms with van der Waals surface area (Å²) in [6.07, 6.45) is -49.6. The average Bonchev–Trinajstić information content (AvgIpc) is 0.732. The van der Waals surface area contributed by atoms with Crippen molar-refractivity contribution in [1.82, 2.24) is 9.80 Å². The fraction of sp³-hybridized carbons (Fsp3) is 0.424. The minimum absolute atomic E-state index is 0.0154. The lowest BCUT2D eigenvalue weighted by atomic mass is 9.89. The molecule has 12 N–H and O–H groups in total. The molecule has 0 saturated carbocycles. The van der Waals surface area contributed by atoms with Crippen LogP contribution < -0.4 is 0 Å². The largest absolute Gasteiger partial charge is 0.397 e. The first kappa shape index (κ1) is 112. The Morgan fingerprint density at radius 3 is 0.558 bits per heavy atom. The van der Waals surface area contributed by atoms with Gasteiger partial charge >= 0.3 is 125 Å². The SMILES string of the molecule is O=C(c1ccc(-c2ccc(C(=O)N([C@@H]3[C@@H](OCc4ccccc4)O[C@H](COS(=O)(=O)O)[C@@H](OS(=O)(=O)O)[C@@H]3OS(=O)(=O)O)[C@@H]3[C@@H](OCc4ccccc4)O[C@H](COS(=O)(=O)O)[C@@H](OS(=O)(=O)O)[C@@H]3OS(=O)(=O)O)cc2)cc1)N([C@@H]1[C@@H](OCc2ccccc2)O[C@H](COS(=O)(=O)O)[C@@H](OS(=O)(=O)O)[C@@H]1OS(=O)(=O)O)[C@@H]1[C@@H](OCc2ccccc2)O[C@H](COS(=O)(=O)O)[C@@H](OS(=O)(=O)O)[C@@H]1OS(=O)(=O)O. The standard InChI is InChI=1S/C66H76N2O58S12/c69-61(67(49-57(123-135(95,96)97)53(119-131(83,84)85)45(33-111-127(71,72)73)115-63(49)107-29-37-13-5-1-6-14-37)50-58(124-136(98,99)100)54(120-132(86,87)88)46(34-112-128(74,75)76)116-64(50)108-30-38-15-7-2-8-16-38)43-25-21-41(22-26-43)42-23-27-44(28-24-42)62(70)68(51-59(125-137(101,102)103)55(121-133(89,90)91)47(35-113-129(77,78)79)117-65(51)109-31-39-17-9-3-10-18-39)52-60(126-138(104,105)106)56(122-134(92,93)94)48(36-114-130(80,81)82)118-66(52)110-32-40-19-11-4-12-20-40/h1-28,45-60,63-66H,29-36H2,(H,71,72,73)(H,74,75,76)(H,77,78,79)(H,80,81,82)(H,83,84,85)(H,86,87,88)(H,89,90,91)(H,92,93,94)(H,95,96,97)(H,98,99,100)(H,101,102,103)(H,104,105,106)/t45-,46-,47-,48-,49+,50+,51+,52+,53-,54-,55-,56-,57-,58-,59-,60-,63+,64+,65+,66+/m1/s1. The molecule has 4 saturated heterocycles. The van der Waals surface area contributed by atoms with Crippen LogP contribution in [-0.2, 0) is 239 Å². The molecular weight excluding hydrogens is 2130 g/mol. The Kier molecular flexibility index (Phi) is 37.1. The normalized spacial score (nSPS) is 26.4. The van der Waals surface area contributed by atoms with E-state index in [0.717, 1.165) is 24.3 Å². The molecule has 2 amide bonds. The Labute approximate surface area is 784 Å². The summed E-state index contributed by atoms with van der Waals surface area (Å²) >= 11 is 0. The van der Waals surface area contributed by atoms with Gasteiger partial charge in [0.25, 0.3) is 11.8 Å². The third-order valence-corrected chi connectivity index (χ3v) is 24.7. The monoisotopic (exact) mass is 2210 g/mol. The molecular formula is C66H76N2O58S12. The Hall–Kier alpha value is -7.62. The first-order chi connectivity index (χ1) is 63.7. The van der Waals surface area contributed by atoms with Crippen LogP contribution in [0.4, 0.5) is 0 Å². The maximum atomic E-state index is 16.7. The first-order valence-corrected chi connectivity index (χ1v) is 53.9. The second-order valence-corrected chi connectivity index (χ2v) is 41.4. The molecule has 770 valence electrons. The fourth-order valence-electron chi connectivity index (χ4n) is 14.3. The molecule has 0 bridgehead atoms. The predicted octanol–water partition coefficient (Wildman–Crippen LogP) is -1.74. The van der Waals surface area contributed by atoms with Gasteiger partial charge < -0.3 is 47.7 Å². The van der Waals surface area contributed by atoms with Crippen LogP contribution in [-0.4, -0.2) is 326 Å². The summed E-state index contributed by atoms with van der Waals surface area (Å²) in [4.78, 5) is 33.2. The van der Waals surface area contributed by atoms with Crippen LogP contribution in [0, 0.1) is 0 Å². The van der Waals surface area contributed by atoms with Gasteiger partial charge in [0.15, 0.2) is 25.2 Å². The van der Waals surface area contributed by atoms with Crippen molar-refractivity contribution in [3.05, 3.63) is 203 Å². The highest BCUT2D eigenvalue weighted by Crippen LogP contribution is 2.44. The highest BCUT2D eigenvalue weighted by molar-refractivity contribution is 7.83. The van der Waals surface area contributed by atoms with Gasteiger partial charge in [0, 0.05) is 11.1 Å². The van der Waals surface area contributed by atoms with Crippen LogP contribution in [0.1, 0.15) is 43.0 Å². The number of benzene rings is 6. The van der Waals surface area contributed by atoms with Crippen molar-refractivity contribution < 1.29 is 253 Å². The van der Waals surface area contributed by atoms with Gasteiger partial charge in [-0.2, -0.15) is 101 Å². The van der Waals surface area contributed by atoms with Crippen LogP contribution >= 0.6 is 0 Å². The van der Waals surface area contributed by atoms with E-state index in [9.17, 15) is 156 Å². The van der Waals surface area contributed by atoms with Crippen LogP contribution in [0.2, 0.25) is 0 Å². The molecule has 6 aromatic rings. The zero-order valence-electron chi connectivity index (χ0n) is 68.3. The van der Waals surface area contributed by atoms with Crippen molar-refractivity contribution in [3.63, 3.8) is 0 Å². The van der Waals surface area contributed by atoms with E-state index in [-0.39, 0.29) is 43.2 Å². The summed E-state index contributed by atoms with van der Waals surface area (Å²) in [5.41, 5.74) is -2.79. The van der Waals surface area contributed by atoms with E-state index in [4.69, 9.17) is 71.4 Å². The smallest absolute Gasteiger partial charge is 0.346 e. The van der Waals surface area contributed by atoms with Crippen molar-refractivity contribution in [2.75, 3.05) is 26.4 Å². The molecule has 4 aliphatic rings. The quantitative estimate of drug-likeness (QED) is 0.0189. The Morgan fingerprint density at radius 1 is 0.232 bits per heavy atom. The number of hydrogen-bond acceptors (Lipinski definition) is 46. The Morgan fingerprint density at radius 2 is 0.399 bits per heavy atom. The molecule has 4 fully saturated rings. The molecule has 0 aromatic heterocycles. The third-order valence-electron chi connectivity index (χ3n) is 19.2. The molecule has 138 heavy (non-hydrogen) atoms. The molecule has 0 spiro atoms. The lowest BCUT2D eigenvalue weighted by Gasteiger charge is -2.54. The van der Waals surface area contributed by atoms with Gasteiger partial charge in [0.05, 0.1) is 52.9 Å². The molecule has 20 atom stereocenters. The molecule has 0 radical (unpaired) electrons. The maximum absolute atomic E-state index is 16.7. The van der Waals surface area contributed by atoms with E-state index >= 15 is 9.59 Å². The van der Waals surface area contributed by atoms with Gasteiger partial charge in [0.2, 0.25) is 0 Å². The number of ether oxygens (including phenoxy) is 8. The Bertz CT molecular complexity index is 5950. The van der Waals surface area contributed by atoms with Gasteiger partial charge in [-0.3, -0.25) is 64.2 Å². The zero-order chi connectivity index (χ0) is 102. The predicted molar refractivity (Wildman–Crippen MR) is 440 cm³/mol. The Balaban J connectivity index is 1.24. The third kappa shape index (κ3) is 34.9. The van der Waals surface area contributed by atoms with Crippen molar-refractivity contribution in [2.24, 2.45) is 0 Å². The van der Waals surface area contributed by atoms with E-state index in [1.165, 1.54) is 121 Å². The summed E-state index contributed by atoms with van der Waals surface area (Å²) < 4.78 is 540. The van der Waals surface area contributed by atoms with Crippen molar-refractivity contribution in [2.45, 2.75) is 149 Å². The van der Waals surface area contributed by atoms with Crippen LogP contribution in [0.3, 0.4) is 0 Å². The van der Waals surface area contributed by atoms with Gasteiger partial charge in [-0.1, -0.05) is 146 Å². The van der Waals surface area contributed by atoms with E-state index in [0.29, 0.717) is 24.3 Å². The van der Waals surface area contributed by atoms with Crippen molar-refractivity contribution in [1.29, 1.82) is 0 Å². The lowest BCUT2D eigenvalue weighted by molar-refractivity contribution is -0.310. The molecule has 4 heterocycles. The second kappa shape index (κ2) is 45.5. The highest BCUT2D eigenvalue weighted by atomic mass is 32.3. The molecule has 4 aliphatic heterocycles. The molecule has 0 unspecified atom stereocenters. The summed E-state index contributed by atoms with van der Waals surface area (Å²) in [5.74, 6) is -4.02. The van der Waals surface area contributed by atoms with Gasteiger partial charge in [0.1, 0.15) is 97.4 Å². The molecule has 10 rings (SSSR count). The minimum Gasteiger partial charge on any atom is -0.346 e. The van der Waals surface area contributed by atoms with Crippen LogP contribution in [0.25, 0.3) is 11.1 Å². The first-order valence-electron chi connectivity index (χ1n) is 37.5. The van der Waals surface area contributed by atoms with E-state index < -0.39 is 323 Å². The second-order valence-electron chi connectivity index (χ2n) is 28.7. The summed E-state index contributed by atoms with van der Waals surface area (Å²) in [5, 5.41) is 0. The van der Waals surface area contributed by atoms with Crippen LogP contribution in [0.5, 0.6) is 0 Å². The average molecular weight is 2210 g/mol. The van der Waals surface area contributed by atoms with Crippen molar-refractivity contribution >= 4 is 137 Å². The number of nitrogens with zero attached hydrogens (tertiary/aromatic N) is 2. The number of carbonyl (C=O) groups excluding carboxylic acids is 2. The maximum Gasteiger partial charge on any atom is 0.397 e. The number of amides is 2. The minimum atomic E-state index is -6.49. The van der Waals surface area contributed by atoms with Gasteiger partial charge in [-0.15, -0.1) is 0 Å². The van der Waals surface area contributed by atoms with Crippen LogP contribution in [0.15, 0.2) is 170 Å². The molecule has 60 nitrogen and oxygen atoms in total. The molecule has 6 aromatic carbocycles. The van der Waals surface area contributed by atoms with E-state index in [2.05, 4.69) is 16.7 Å². The fourth-order valence-corrected chi connectivity index (χ4v) is 19.6. The zero-order valence-corrected chi connectivity index (χ0v) is 78.1. The van der Waals surface area contributed by atoms with E-state index in [1.54, 1.807) is 0 Å². The van der Waals surface area contributed by atoms with E-state index in [1.807, 2.05) is 0 Å². The summed E-state index contributed by atoms with van der Waals surface area (Å²) in [6, 6.07) is 19.6. The van der Waals surface area contributed by atoms with Gasteiger partial charge in [-0.05, 0) is 57.6 Å². The number of carbonyl (C=O) groups is 2. The highest BCUT2D eigenvalue weighted by Gasteiger charge is 2.65. The summed E-state index contributed by atoms with van der Waals surface area (Å²) in [7, 11) is -74.7. The topological polar surface area (TPSA) is 878 Å². The number of hydrogen-bond donors (Lipinski definition) is 12.